The molecule has 0 saturated carbocycles. The number of benzene rings is 1. The van der Waals surface area contributed by atoms with Crippen LogP contribution in [0.4, 0.5) is 10.7 Å². The lowest BCUT2D eigenvalue weighted by Gasteiger charge is -2.13. The van der Waals surface area contributed by atoms with Crippen molar-refractivity contribution in [3.63, 3.8) is 0 Å². The molecule has 2 aromatic rings. The smallest absolute Gasteiger partial charge is 0.315 e. The molecule has 2 N–H and O–H groups in total. The third-order valence-corrected chi connectivity index (χ3v) is 6.87. The van der Waals surface area contributed by atoms with E-state index in [1.165, 1.54) is 23.1 Å². The van der Waals surface area contributed by atoms with E-state index >= 15 is 0 Å². The Morgan fingerprint density at radius 2 is 1.81 bits per heavy atom. The third-order valence-electron chi connectivity index (χ3n) is 4.76. The molecule has 2 amide bonds. The number of carbonyl (C=O) groups excluding carboxylic acids is 3. The molecule has 1 heterocycles. The van der Waals surface area contributed by atoms with Crippen LogP contribution in [-0.2, 0) is 27.2 Å². The van der Waals surface area contributed by atoms with Crippen molar-refractivity contribution in [1.29, 1.82) is 0 Å². The van der Waals surface area contributed by atoms with E-state index in [2.05, 4.69) is 10.6 Å². The molecule has 0 atom stereocenters. The number of rotatable bonds is 9. The van der Waals surface area contributed by atoms with Crippen LogP contribution in [-0.4, -0.2) is 43.0 Å². The van der Waals surface area contributed by atoms with Gasteiger partial charge in [-0.3, -0.25) is 14.4 Å². The first-order chi connectivity index (χ1) is 15.0. The van der Waals surface area contributed by atoms with Gasteiger partial charge in [0.25, 0.3) is 5.91 Å². The number of nitrogens with one attached hydrogen (secondary N) is 2. The number of anilines is 2. The Balaban J connectivity index is 1.71. The highest BCUT2D eigenvalue weighted by Gasteiger charge is 2.26. The number of amides is 2. The van der Waals surface area contributed by atoms with Crippen LogP contribution < -0.4 is 15.4 Å². The quantitative estimate of drug-likeness (QED) is 0.545. The average Bonchev–Trinajstić information content (AvgIpc) is 3.12. The van der Waals surface area contributed by atoms with Gasteiger partial charge in [-0.05, 0) is 62.4 Å². The monoisotopic (exact) mass is 462 g/mol. The molecule has 3 rings (SSSR count). The first-order valence-electron chi connectivity index (χ1n) is 10.1. The molecule has 0 fully saturated rings. The molecule has 0 unspecified atom stereocenters. The van der Waals surface area contributed by atoms with Gasteiger partial charge in [0, 0.05) is 10.6 Å². The summed E-state index contributed by atoms with van der Waals surface area (Å²) in [5.74, 6) is 0.115. The van der Waals surface area contributed by atoms with Crippen LogP contribution in [0.25, 0.3) is 0 Å². The van der Waals surface area contributed by atoms with E-state index in [0.717, 1.165) is 36.1 Å². The van der Waals surface area contributed by atoms with Gasteiger partial charge in [0.05, 0.1) is 30.8 Å². The Hall–Kier alpha value is -2.52. The Bertz CT molecular complexity index is 940. The van der Waals surface area contributed by atoms with E-state index in [1.54, 1.807) is 38.3 Å². The second kappa shape index (κ2) is 11.2. The Morgan fingerprint density at radius 3 is 2.52 bits per heavy atom. The molecule has 0 spiro atoms. The van der Waals surface area contributed by atoms with Crippen molar-refractivity contribution < 1.29 is 23.9 Å². The average molecular weight is 463 g/mol. The lowest BCUT2D eigenvalue weighted by atomic mass is 9.95. The number of esters is 1. The van der Waals surface area contributed by atoms with Gasteiger partial charge < -0.3 is 20.1 Å². The molecular formula is C22H26N2O5S2. The zero-order valence-electron chi connectivity index (χ0n) is 17.6. The predicted molar refractivity (Wildman–Crippen MR) is 124 cm³/mol. The van der Waals surface area contributed by atoms with Gasteiger partial charge in [0.2, 0.25) is 5.91 Å². The Morgan fingerprint density at radius 1 is 1.06 bits per heavy atom. The number of aryl methyl sites for hydroxylation is 1. The van der Waals surface area contributed by atoms with Crippen LogP contribution in [0.15, 0.2) is 24.3 Å². The normalized spacial score (nSPS) is 12.6. The summed E-state index contributed by atoms with van der Waals surface area (Å²) in [6.45, 7) is 2.06. The van der Waals surface area contributed by atoms with E-state index in [4.69, 9.17) is 9.47 Å². The molecule has 1 aliphatic rings. The van der Waals surface area contributed by atoms with Gasteiger partial charge >= 0.3 is 5.97 Å². The first-order valence-corrected chi connectivity index (χ1v) is 12.1. The van der Waals surface area contributed by atoms with E-state index in [1.807, 2.05) is 0 Å². The van der Waals surface area contributed by atoms with Crippen molar-refractivity contribution >= 4 is 51.6 Å². The summed E-state index contributed by atoms with van der Waals surface area (Å²) in [6.07, 6.45) is 3.84. The Kier molecular flexibility index (Phi) is 8.36. The third kappa shape index (κ3) is 6.24. The molecule has 1 aromatic carbocycles. The van der Waals surface area contributed by atoms with Gasteiger partial charge in [0.15, 0.2) is 0 Å². The van der Waals surface area contributed by atoms with Crippen molar-refractivity contribution in [2.75, 3.05) is 35.9 Å². The second-order valence-electron chi connectivity index (χ2n) is 6.94. The predicted octanol–water partition coefficient (Wildman–Crippen LogP) is 4.12. The summed E-state index contributed by atoms with van der Waals surface area (Å²) >= 11 is 2.66. The minimum absolute atomic E-state index is 0.112. The van der Waals surface area contributed by atoms with Crippen LogP contribution in [0.3, 0.4) is 0 Å². The standard InChI is InChI=1S/C22H26N2O5S2/c1-3-29-19(26)13-30-12-18(25)24-22-20(16-6-4-5-7-17(16)31-22)21(27)23-14-8-10-15(28-2)11-9-14/h8-11H,3-7,12-13H2,1-2H3,(H,23,27)(H,24,25). The summed E-state index contributed by atoms with van der Waals surface area (Å²) in [5, 5.41) is 6.38. The summed E-state index contributed by atoms with van der Waals surface area (Å²) in [7, 11) is 1.59. The van der Waals surface area contributed by atoms with E-state index < -0.39 is 0 Å². The Labute approximate surface area is 189 Å². The van der Waals surface area contributed by atoms with Crippen molar-refractivity contribution in [2.24, 2.45) is 0 Å². The molecule has 1 aliphatic carbocycles. The van der Waals surface area contributed by atoms with Gasteiger partial charge in [0.1, 0.15) is 10.8 Å². The molecule has 0 radical (unpaired) electrons. The molecule has 166 valence electrons. The molecule has 31 heavy (non-hydrogen) atoms. The van der Waals surface area contributed by atoms with E-state index in [9.17, 15) is 14.4 Å². The molecule has 7 nitrogen and oxygen atoms in total. The number of thioether (sulfide) groups is 1. The minimum atomic E-state index is -0.341. The van der Waals surface area contributed by atoms with Gasteiger partial charge in [-0.2, -0.15) is 0 Å². The fraction of sp³-hybridized carbons (Fsp3) is 0.409. The van der Waals surface area contributed by atoms with Crippen LogP contribution in [0.1, 0.15) is 40.6 Å². The first kappa shape index (κ1) is 23.1. The molecule has 0 saturated heterocycles. The van der Waals surface area contributed by atoms with Gasteiger partial charge in [-0.1, -0.05) is 0 Å². The molecule has 9 heteroatoms. The second-order valence-corrected chi connectivity index (χ2v) is 9.03. The summed E-state index contributed by atoms with van der Waals surface area (Å²) < 4.78 is 10.0. The van der Waals surface area contributed by atoms with Crippen LogP contribution in [0, 0.1) is 0 Å². The zero-order valence-corrected chi connectivity index (χ0v) is 19.2. The lowest BCUT2D eigenvalue weighted by molar-refractivity contribution is -0.139. The lowest BCUT2D eigenvalue weighted by Crippen LogP contribution is -2.20. The van der Waals surface area contributed by atoms with Gasteiger partial charge in [-0.15, -0.1) is 23.1 Å². The number of hydrogen-bond donors (Lipinski definition) is 2. The zero-order chi connectivity index (χ0) is 22.2. The minimum Gasteiger partial charge on any atom is -0.497 e. The number of thiophene rings is 1. The molecule has 0 aliphatic heterocycles. The van der Waals surface area contributed by atoms with Crippen molar-refractivity contribution in [2.45, 2.75) is 32.6 Å². The number of ether oxygens (including phenoxy) is 2. The summed E-state index contributed by atoms with van der Waals surface area (Å²) in [5.41, 5.74) is 2.22. The molecule has 1 aromatic heterocycles. The summed E-state index contributed by atoms with van der Waals surface area (Å²) in [4.78, 5) is 38.2. The maximum atomic E-state index is 13.1. The number of carbonyl (C=O) groups is 3. The SMILES string of the molecule is CCOC(=O)CSCC(=O)Nc1sc2c(c1C(=O)Nc1ccc(OC)cc1)CCCC2. The largest absolute Gasteiger partial charge is 0.497 e. The maximum absolute atomic E-state index is 13.1. The highest BCUT2D eigenvalue weighted by molar-refractivity contribution is 8.00. The van der Waals surface area contributed by atoms with Crippen LogP contribution in [0.2, 0.25) is 0 Å². The van der Waals surface area contributed by atoms with Crippen LogP contribution >= 0.6 is 23.1 Å². The van der Waals surface area contributed by atoms with Crippen molar-refractivity contribution in [3.8, 4) is 5.75 Å². The van der Waals surface area contributed by atoms with E-state index in [0.29, 0.717) is 28.6 Å². The number of fused-ring (bicyclic) bond motifs is 1. The van der Waals surface area contributed by atoms with Crippen molar-refractivity contribution in [3.05, 3.63) is 40.3 Å². The molecule has 0 bridgehead atoms. The number of hydrogen-bond acceptors (Lipinski definition) is 7. The van der Waals surface area contributed by atoms with E-state index in [-0.39, 0.29) is 29.3 Å². The molecular weight excluding hydrogens is 436 g/mol. The fourth-order valence-electron chi connectivity index (χ4n) is 3.35. The highest BCUT2D eigenvalue weighted by Crippen LogP contribution is 2.38. The fourth-order valence-corrected chi connectivity index (χ4v) is 5.27. The maximum Gasteiger partial charge on any atom is 0.315 e. The van der Waals surface area contributed by atoms with Crippen LogP contribution in [0.5, 0.6) is 5.75 Å². The topological polar surface area (TPSA) is 93.7 Å². The number of methoxy groups -OCH3 is 1. The van der Waals surface area contributed by atoms with Gasteiger partial charge in [-0.25, -0.2) is 0 Å². The highest BCUT2D eigenvalue weighted by atomic mass is 32.2. The van der Waals surface area contributed by atoms with Crippen molar-refractivity contribution in [1.82, 2.24) is 0 Å². The summed E-state index contributed by atoms with van der Waals surface area (Å²) in [6, 6.07) is 7.12.